The summed E-state index contributed by atoms with van der Waals surface area (Å²) in [6, 6.07) is 9.75. The molecule has 2 heteroatoms. The molecule has 0 aromatic heterocycles. The molecule has 0 saturated heterocycles. The van der Waals surface area contributed by atoms with Gasteiger partial charge in [-0.05, 0) is 37.4 Å². The average molecular weight is 361 g/mol. The molecule has 0 aliphatic carbocycles. The maximum Gasteiger partial charge on any atom is 0.0206 e. The number of hydrogen-bond donors (Lipinski definition) is 2. The minimum atomic E-state index is 0.538. The molecule has 1 rings (SSSR count). The first-order chi connectivity index (χ1) is 12.8. The van der Waals surface area contributed by atoms with Gasteiger partial charge < -0.3 is 10.6 Å². The number of aryl methyl sites for hydroxylation is 1. The molecule has 0 bridgehead atoms. The van der Waals surface area contributed by atoms with Crippen LogP contribution in [0, 0.1) is 0 Å². The molecule has 0 aliphatic rings. The topological polar surface area (TPSA) is 24.1 Å². The highest BCUT2D eigenvalue weighted by atomic mass is 15.0. The van der Waals surface area contributed by atoms with Gasteiger partial charge in [-0.1, -0.05) is 95.9 Å². The summed E-state index contributed by atoms with van der Waals surface area (Å²) < 4.78 is 0. The normalized spacial score (nSPS) is 12.4. The number of nitrogens with one attached hydrogen (secondary N) is 2. The van der Waals surface area contributed by atoms with Gasteiger partial charge in [0.25, 0.3) is 0 Å². The molecular weight excluding hydrogens is 316 g/mol. The van der Waals surface area contributed by atoms with Crippen LogP contribution in [0.2, 0.25) is 0 Å². The van der Waals surface area contributed by atoms with Crippen molar-refractivity contribution in [1.82, 2.24) is 10.6 Å². The van der Waals surface area contributed by atoms with Gasteiger partial charge in [0.1, 0.15) is 0 Å². The third kappa shape index (κ3) is 12.5. The van der Waals surface area contributed by atoms with E-state index in [0.29, 0.717) is 6.04 Å². The Balaban J connectivity index is 2.01. The Morgan fingerprint density at radius 2 is 1.27 bits per heavy atom. The van der Waals surface area contributed by atoms with E-state index in [1.807, 2.05) is 0 Å². The summed E-state index contributed by atoms with van der Waals surface area (Å²) in [6.45, 7) is 9.70. The minimum Gasteiger partial charge on any atom is -0.313 e. The standard InChI is InChI=1S/C24H44N2/c1-4-6-7-8-9-10-11-12-13-14-15-23-16-18-24(19-17-23)21-25-20-22(3)26-5-2/h16-19,22,25-26H,4-15,20-21H2,1-3H3. The van der Waals surface area contributed by atoms with Crippen LogP contribution < -0.4 is 10.6 Å². The van der Waals surface area contributed by atoms with Crippen molar-refractivity contribution in [2.24, 2.45) is 0 Å². The Hall–Kier alpha value is -0.860. The molecule has 2 N–H and O–H groups in total. The molecule has 1 aromatic rings. The maximum absolute atomic E-state index is 3.53. The van der Waals surface area contributed by atoms with Crippen molar-refractivity contribution in [3.05, 3.63) is 35.4 Å². The van der Waals surface area contributed by atoms with Gasteiger partial charge in [0.15, 0.2) is 0 Å². The van der Waals surface area contributed by atoms with Crippen molar-refractivity contribution < 1.29 is 0 Å². The smallest absolute Gasteiger partial charge is 0.0206 e. The molecule has 0 radical (unpaired) electrons. The van der Waals surface area contributed by atoms with E-state index in [2.05, 4.69) is 55.7 Å². The van der Waals surface area contributed by atoms with Crippen LogP contribution in [0.25, 0.3) is 0 Å². The third-order valence-electron chi connectivity index (χ3n) is 5.17. The van der Waals surface area contributed by atoms with E-state index in [9.17, 15) is 0 Å². The third-order valence-corrected chi connectivity index (χ3v) is 5.17. The van der Waals surface area contributed by atoms with Gasteiger partial charge in [-0.2, -0.15) is 0 Å². The average Bonchev–Trinajstić information content (AvgIpc) is 2.65. The second-order valence-corrected chi connectivity index (χ2v) is 7.84. The summed E-state index contributed by atoms with van der Waals surface area (Å²) in [5.74, 6) is 0. The quantitative estimate of drug-likeness (QED) is 0.321. The van der Waals surface area contributed by atoms with E-state index in [1.165, 1.54) is 81.8 Å². The fourth-order valence-electron chi connectivity index (χ4n) is 3.49. The monoisotopic (exact) mass is 360 g/mol. The highest BCUT2D eigenvalue weighted by molar-refractivity contribution is 5.22. The van der Waals surface area contributed by atoms with Crippen LogP contribution in [0.1, 0.15) is 96.1 Å². The molecule has 0 aliphatic heterocycles. The number of rotatable bonds is 17. The second-order valence-electron chi connectivity index (χ2n) is 7.84. The Labute approximate surface area is 163 Å². The summed E-state index contributed by atoms with van der Waals surface area (Å²) in [5, 5.41) is 6.96. The summed E-state index contributed by atoms with van der Waals surface area (Å²) in [5.41, 5.74) is 2.88. The van der Waals surface area contributed by atoms with Crippen LogP contribution in [0.4, 0.5) is 0 Å². The van der Waals surface area contributed by atoms with Crippen molar-refractivity contribution in [2.45, 2.75) is 104 Å². The van der Waals surface area contributed by atoms with Gasteiger partial charge in [-0.3, -0.25) is 0 Å². The minimum absolute atomic E-state index is 0.538. The van der Waals surface area contributed by atoms with Crippen molar-refractivity contribution in [1.29, 1.82) is 0 Å². The van der Waals surface area contributed by atoms with E-state index in [-0.39, 0.29) is 0 Å². The van der Waals surface area contributed by atoms with E-state index in [0.717, 1.165) is 19.6 Å². The Kier molecular flexibility index (Phi) is 14.6. The summed E-state index contributed by atoms with van der Waals surface area (Å²) in [6.07, 6.45) is 15.4. The van der Waals surface area contributed by atoms with Crippen LogP contribution in [0.3, 0.4) is 0 Å². The van der Waals surface area contributed by atoms with Crippen molar-refractivity contribution >= 4 is 0 Å². The molecule has 150 valence electrons. The molecule has 26 heavy (non-hydrogen) atoms. The fourth-order valence-corrected chi connectivity index (χ4v) is 3.49. The van der Waals surface area contributed by atoms with Gasteiger partial charge in [0.2, 0.25) is 0 Å². The zero-order valence-corrected chi connectivity index (χ0v) is 17.8. The van der Waals surface area contributed by atoms with Gasteiger partial charge in [-0.25, -0.2) is 0 Å². The summed E-state index contributed by atoms with van der Waals surface area (Å²) in [4.78, 5) is 0. The lowest BCUT2D eigenvalue weighted by Crippen LogP contribution is -2.35. The van der Waals surface area contributed by atoms with E-state index >= 15 is 0 Å². The molecule has 1 aromatic carbocycles. The molecule has 0 fully saturated rings. The second kappa shape index (κ2) is 16.3. The fraction of sp³-hybridized carbons (Fsp3) is 0.750. The van der Waals surface area contributed by atoms with E-state index in [1.54, 1.807) is 0 Å². The maximum atomic E-state index is 3.53. The van der Waals surface area contributed by atoms with Crippen LogP contribution in [0.5, 0.6) is 0 Å². The molecule has 0 amide bonds. The lowest BCUT2D eigenvalue weighted by molar-refractivity contribution is 0.514. The first-order valence-electron chi connectivity index (χ1n) is 11.3. The number of hydrogen-bond acceptors (Lipinski definition) is 2. The van der Waals surface area contributed by atoms with Crippen molar-refractivity contribution in [2.75, 3.05) is 13.1 Å². The van der Waals surface area contributed by atoms with E-state index in [4.69, 9.17) is 0 Å². The molecular formula is C24H44N2. The lowest BCUT2D eigenvalue weighted by Gasteiger charge is -2.13. The van der Waals surface area contributed by atoms with Crippen LogP contribution in [-0.4, -0.2) is 19.1 Å². The van der Waals surface area contributed by atoms with Crippen LogP contribution in [0.15, 0.2) is 24.3 Å². The molecule has 1 unspecified atom stereocenters. The molecule has 0 saturated carbocycles. The largest absolute Gasteiger partial charge is 0.313 e. The number of likely N-dealkylation sites (N-methyl/N-ethyl adjacent to an activating group) is 1. The highest BCUT2D eigenvalue weighted by Gasteiger charge is 2.00. The Morgan fingerprint density at radius 3 is 1.85 bits per heavy atom. The first-order valence-corrected chi connectivity index (χ1v) is 11.3. The van der Waals surface area contributed by atoms with Gasteiger partial charge >= 0.3 is 0 Å². The predicted molar refractivity (Wildman–Crippen MR) is 117 cm³/mol. The van der Waals surface area contributed by atoms with Gasteiger partial charge in [-0.15, -0.1) is 0 Å². The molecule has 2 nitrogen and oxygen atoms in total. The summed E-state index contributed by atoms with van der Waals surface area (Å²) in [7, 11) is 0. The van der Waals surface area contributed by atoms with Crippen molar-refractivity contribution in [3.63, 3.8) is 0 Å². The Bertz CT molecular complexity index is 413. The SMILES string of the molecule is CCCCCCCCCCCCc1ccc(CNCC(C)NCC)cc1. The number of benzene rings is 1. The van der Waals surface area contributed by atoms with Crippen LogP contribution in [-0.2, 0) is 13.0 Å². The lowest BCUT2D eigenvalue weighted by atomic mass is 10.0. The molecule has 0 heterocycles. The molecule has 1 atom stereocenters. The van der Waals surface area contributed by atoms with Gasteiger partial charge in [0, 0.05) is 19.1 Å². The molecule has 0 spiro atoms. The van der Waals surface area contributed by atoms with Crippen LogP contribution >= 0.6 is 0 Å². The Morgan fingerprint density at radius 1 is 0.731 bits per heavy atom. The van der Waals surface area contributed by atoms with Crippen molar-refractivity contribution in [3.8, 4) is 0 Å². The zero-order chi connectivity index (χ0) is 18.9. The zero-order valence-electron chi connectivity index (χ0n) is 17.8. The van der Waals surface area contributed by atoms with Gasteiger partial charge in [0.05, 0.1) is 0 Å². The number of unbranched alkanes of at least 4 members (excludes halogenated alkanes) is 9. The predicted octanol–water partition coefficient (Wildman–Crippen LogP) is 6.24. The highest BCUT2D eigenvalue weighted by Crippen LogP contribution is 2.13. The summed E-state index contributed by atoms with van der Waals surface area (Å²) >= 11 is 0. The first kappa shape index (κ1) is 23.2. The van der Waals surface area contributed by atoms with E-state index < -0.39 is 0 Å².